The monoisotopic (exact) mass is 429 g/mol. The highest BCUT2D eigenvalue weighted by Crippen LogP contribution is 2.17. The number of sulfonamides is 1. The van der Waals surface area contributed by atoms with E-state index >= 15 is 0 Å². The van der Waals surface area contributed by atoms with E-state index in [0.717, 1.165) is 25.3 Å². The van der Waals surface area contributed by atoms with Gasteiger partial charge >= 0.3 is 0 Å². The third-order valence-corrected chi connectivity index (χ3v) is 6.74. The summed E-state index contributed by atoms with van der Waals surface area (Å²) in [4.78, 5) is 6.90. The molecule has 0 amide bonds. The topological polar surface area (TPSA) is 111 Å². The Hall–Kier alpha value is -1.65. The molecule has 1 aromatic rings. The lowest BCUT2D eigenvalue weighted by Crippen LogP contribution is -2.54. The van der Waals surface area contributed by atoms with Gasteiger partial charge in [-0.25, -0.2) is 8.42 Å². The van der Waals surface area contributed by atoms with Gasteiger partial charge in [0.05, 0.1) is 5.69 Å². The van der Waals surface area contributed by atoms with Crippen molar-refractivity contribution in [2.24, 2.45) is 16.8 Å². The van der Waals surface area contributed by atoms with Crippen LogP contribution >= 0.6 is 0 Å². The molecule has 0 aliphatic carbocycles. The first-order valence-corrected chi connectivity index (χ1v) is 12.0. The summed E-state index contributed by atoms with van der Waals surface area (Å²) in [7, 11) is -3.42. The Kier molecular flexibility index (Phi) is 9.38. The largest absolute Gasteiger partial charge is 0.396 e. The molecule has 1 aliphatic rings. The van der Waals surface area contributed by atoms with Gasteiger partial charge in [-0.15, -0.1) is 0 Å². The summed E-state index contributed by atoms with van der Waals surface area (Å²) in [6, 6.07) is 1.57. The second-order valence-electron chi connectivity index (χ2n) is 7.84. The number of nitrogens with zero attached hydrogens (tertiary/aromatic N) is 4. The molecule has 1 aliphatic heterocycles. The Morgan fingerprint density at radius 1 is 1.34 bits per heavy atom. The Labute approximate surface area is 174 Å². The molecule has 9 nitrogen and oxygen atoms in total. The average molecular weight is 430 g/mol. The minimum absolute atomic E-state index is 0.143. The molecule has 2 heterocycles. The van der Waals surface area contributed by atoms with Crippen LogP contribution in [0.15, 0.2) is 21.8 Å². The summed E-state index contributed by atoms with van der Waals surface area (Å²) in [5.74, 6) is 1.57. The van der Waals surface area contributed by atoms with Crippen LogP contribution in [0.5, 0.6) is 0 Å². The van der Waals surface area contributed by atoms with Crippen LogP contribution in [0, 0.1) is 11.8 Å². The molecule has 0 aromatic carbocycles. The Bertz CT molecular complexity index is 713. The lowest BCUT2D eigenvalue weighted by atomic mass is 9.94. The van der Waals surface area contributed by atoms with Crippen LogP contribution in [-0.4, -0.2) is 79.7 Å². The van der Waals surface area contributed by atoms with Gasteiger partial charge in [0.15, 0.2) is 5.96 Å². The number of rotatable bonds is 10. The summed E-state index contributed by atoms with van der Waals surface area (Å²) in [6.07, 6.45) is 3.15. The molecule has 1 unspecified atom stereocenters. The second kappa shape index (κ2) is 11.5. The van der Waals surface area contributed by atoms with Crippen LogP contribution in [0.2, 0.25) is 0 Å². The lowest BCUT2D eigenvalue weighted by molar-refractivity contribution is 0.243. The van der Waals surface area contributed by atoms with Crippen LogP contribution in [0.4, 0.5) is 0 Å². The fourth-order valence-corrected chi connectivity index (χ4v) is 4.97. The lowest BCUT2D eigenvalue weighted by Gasteiger charge is -2.36. The number of aliphatic imine (C=N–C) groups is 1. The predicted octanol–water partition coefficient (Wildman–Crippen LogP) is 1.13. The molecule has 0 saturated carbocycles. The van der Waals surface area contributed by atoms with Gasteiger partial charge < -0.3 is 19.8 Å². The van der Waals surface area contributed by atoms with Gasteiger partial charge in [-0.2, -0.15) is 4.31 Å². The van der Waals surface area contributed by atoms with Crippen molar-refractivity contribution in [3.8, 4) is 0 Å². The van der Waals surface area contributed by atoms with Crippen molar-refractivity contribution in [3.05, 3.63) is 18.0 Å². The van der Waals surface area contributed by atoms with E-state index in [-0.39, 0.29) is 12.4 Å². The molecular formula is C19H35N5O4S. The fraction of sp³-hybridized carbons (Fsp3) is 0.789. The van der Waals surface area contributed by atoms with E-state index in [1.54, 1.807) is 6.07 Å². The molecule has 0 bridgehead atoms. The van der Waals surface area contributed by atoms with Crippen molar-refractivity contribution in [3.63, 3.8) is 0 Å². The summed E-state index contributed by atoms with van der Waals surface area (Å²) in [5, 5.41) is 16.3. The highest BCUT2D eigenvalue weighted by Gasteiger charge is 2.29. The molecule has 0 radical (unpaired) electrons. The molecule has 1 atom stereocenters. The Morgan fingerprint density at radius 2 is 2.07 bits per heavy atom. The number of aliphatic hydroxyl groups excluding tert-OH is 1. The second-order valence-corrected chi connectivity index (χ2v) is 9.80. The quantitative estimate of drug-likeness (QED) is 0.424. The zero-order chi connectivity index (χ0) is 21.3. The Morgan fingerprint density at radius 3 is 2.62 bits per heavy atom. The Balaban J connectivity index is 1.96. The van der Waals surface area contributed by atoms with E-state index in [9.17, 15) is 13.5 Å². The number of aliphatic hydroxyl groups is 1. The van der Waals surface area contributed by atoms with Gasteiger partial charge in [0.2, 0.25) is 10.0 Å². The number of guanidine groups is 1. The number of nitrogens with one attached hydrogen (secondary N) is 1. The van der Waals surface area contributed by atoms with E-state index in [4.69, 9.17) is 9.52 Å². The summed E-state index contributed by atoms with van der Waals surface area (Å²) >= 11 is 0. The zero-order valence-electron chi connectivity index (χ0n) is 17.7. The van der Waals surface area contributed by atoms with Crippen molar-refractivity contribution in [1.82, 2.24) is 19.7 Å². The standard InChI is InChI=1S/C19H35N5O4S/c1-4-20-19(21-14-17(5-11-25)13-16(2)3)23-7-9-24(10-8-23)29(26,27)15-18-6-12-28-22-18/h6,12,16-17,25H,4-5,7-11,13-15H2,1-3H3,(H,20,21). The maximum absolute atomic E-state index is 12.6. The molecule has 1 fully saturated rings. The normalized spacial score (nSPS) is 17.7. The van der Waals surface area contributed by atoms with E-state index in [0.29, 0.717) is 50.3 Å². The van der Waals surface area contributed by atoms with Crippen LogP contribution in [0.25, 0.3) is 0 Å². The number of aromatic nitrogens is 1. The maximum Gasteiger partial charge on any atom is 0.220 e. The molecule has 166 valence electrons. The highest BCUT2D eigenvalue weighted by molar-refractivity contribution is 7.88. The summed E-state index contributed by atoms with van der Waals surface area (Å²) in [5.41, 5.74) is 0.419. The molecule has 2 N–H and O–H groups in total. The third kappa shape index (κ3) is 7.60. The smallest absolute Gasteiger partial charge is 0.220 e. The molecule has 29 heavy (non-hydrogen) atoms. The van der Waals surface area contributed by atoms with Gasteiger partial charge in [0.25, 0.3) is 0 Å². The molecule has 10 heteroatoms. The number of hydrogen-bond acceptors (Lipinski definition) is 6. The van der Waals surface area contributed by atoms with Crippen molar-refractivity contribution in [1.29, 1.82) is 0 Å². The van der Waals surface area contributed by atoms with Crippen LogP contribution < -0.4 is 5.32 Å². The van der Waals surface area contributed by atoms with Gasteiger partial charge in [0, 0.05) is 51.9 Å². The molecule has 0 spiro atoms. The summed E-state index contributed by atoms with van der Waals surface area (Å²) < 4.78 is 31.4. The zero-order valence-corrected chi connectivity index (χ0v) is 18.6. The van der Waals surface area contributed by atoms with Crippen LogP contribution in [0.3, 0.4) is 0 Å². The van der Waals surface area contributed by atoms with E-state index in [1.807, 2.05) is 6.92 Å². The first-order valence-electron chi connectivity index (χ1n) is 10.4. The predicted molar refractivity (Wildman–Crippen MR) is 113 cm³/mol. The molecule has 2 rings (SSSR count). The first-order chi connectivity index (χ1) is 13.9. The summed E-state index contributed by atoms with van der Waals surface area (Å²) in [6.45, 7) is 9.95. The van der Waals surface area contributed by atoms with Crippen molar-refractivity contribution < 1.29 is 18.0 Å². The minimum atomic E-state index is -3.42. The van der Waals surface area contributed by atoms with Crippen LogP contribution in [-0.2, 0) is 15.8 Å². The van der Waals surface area contributed by atoms with Crippen molar-refractivity contribution in [2.45, 2.75) is 39.4 Å². The molecule has 1 saturated heterocycles. The third-order valence-electron chi connectivity index (χ3n) is 4.93. The fourth-order valence-electron chi connectivity index (χ4n) is 3.54. The number of piperazine rings is 1. The van der Waals surface area contributed by atoms with Gasteiger partial charge in [-0.1, -0.05) is 19.0 Å². The average Bonchev–Trinajstić information content (AvgIpc) is 3.17. The van der Waals surface area contributed by atoms with E-state index in [2.05, 4.69) is 29.2 Å². The van der Waals surface area contributed by atoms with Crippen molar-refractivity contribution >= 4 is 16.0 Å². The van der Waals surface area contributed by atoms with E-state index in [1.165, 1.54) is 10.6 Å². The molecule has 1 aromatic heterocycles. The highest BCUT2D eigenvalue weighted by atomic mass is 32.2. The maximum atomic E-state index is 12.6. The number of hydrogen-bond donors (Lipinski definition) is 2. The molecular weight excluding hydrogens is 394 g/mol. The first kappa shape index (κ1) is 23.6. The van der Waals surface area contributed by atoms with Gasteiger partial charge in [-0.3, -0.25) is 4.99 Å². The SMILES string of the molecule is CCNC(=NCC(CCO)CC(C)C)N1CCN(S(=O)(=O)Cc2ccon2)CC1. The van der Waals surface area contributed by atoms with Gasteiger partial charge in [0.1, 0.15) is 12.0 Å². The van der Waals surface area contributed by atoms with Crippen LogP contribution in [0.1, 0.15) is 39.3 Å². The van der Waals surface area contributed by atoms with Crippen molar-refractivity contribution in [2.75, 3.05) is 45.9 Å². The van der Waals surface area contributed by atoms with Gasteiger partial charge in [-0.05, 0) is 31.6 Å². The minimum Gasteiger partial charge on any atom is -0.396 e. The van der Waals surface area contributed by atoms with E-state index < -0.39 is 10.0 Å².